The fourth-order valence-electron chi connectivity index (χ4n) is 2.30. The zero-order chi connectivity index (χ0) is 15.5. The van der Waals surface area contributed by atoms with E-state index in [1.165, 1.54) is 11.2 Å². The predicted octanol–water partition coefficient (Wildman–Crippen LogP) is 1.15. The maximum absolute atomic E-state index is 12.3. The van der Waals surface area contributed by atoms with E-state index in [-0.39, 0.29) is 5.91 Å². The summed E-state index contributed by atoms with van der Waals surface area (Å²) in [6.07, 6.45) is 2.11. The number of hydrogen-bond donors (Lipinski definition) is 1. The van der Waals surface area contributed by atoms with Crippen molar-refractivity contribution in [3.05, 3.63) is 29.8 Å². The fraction of sp³-hybridized carbons (Fsp3) is 0.500. The van der Waals surface area contributed by atoms with E-state index in [1.54, 1.807) is 23.9 Å². The Morgan fingerprint density at radius 3 is 2.67 bits per heavy atom. The Bertz CT molecular complexity index is 599. The maximum Gasteiger partial charge on any atom is 0.224 e. The number of benzene rings is 1. The summed E-state index contributed by atoms with van der Waals surface area (Å²) in [5.41, 5.74) is 7.34. The van der Waals surface area contributed by atoms with Crippen LogP contribution in [0.1, 0.15) is 12.0 Å². The third-order valence-corrected chi connectivity index (χ3v) is 6.15. The van der Waals surface area contributed by atoms with E-state index in [0.29, 0.717) is 30.8 Å². The van der Waals surface area contributed by atoms with E-state index in [4.69, 9.17) is 5.73 Å². The number of carbonyl (C=O) groups is 1. The molecule has 1 aromatic rings. The number of aryl methyl sites for hydroxylation is 1. The van der Waals surface area contributed by atoms with Gasteiger partial charge in [-0.3, -0.25) is 4.79 Å². The molecule has 1 aliphatic rings. The number of nitrogens with two attached hydrogens (primary N) is 1. The Morgan fingerprint density at radius 1 is 1.38 bits per heavy atom. The Balaban J connectivity index is 1.99. The van der Waals surface area contributed by atoms with Crippen molar-refractivity contribution in [1.82, 2.24) is 4.90 Å². The van der Waals surface area contributed by atoms with Crippen molar-refractivity contribution in [3.8, 4) is 0 Å². The first kappa shape index (κ1) is 16.2. The first-order chi connectivity index (χ1) is 9.88. The Labute approximate surface area is 129 Å². The molecule has 2 N–H and O–H groups in total. The molecule has 1 fully saturated rings. The minimum absolute atomic E-state index is 0.0949. The molecule has 0 aliphatic carbocycles. The molecule has 21 heavy (non-hydrogen) atoms. The number of nitrogen functional groups attached to an aromatic ring is 1. The smallest absolute Gasteiger partial charge is 0.224 e. The highest BCUT2D eigenvalue weighted by Gasteiger charge is 2.33. The second-order valence-corrected chi connectivity index (χ2v) is 8.54. The SMILES string of the molecule is CS(=O)(=O)C1CSCCN1C(=O)CCc1ccc(N)cc1. The van der Waals surface area contributed by atoms with Crippen LogP contribution in [0, 0.1) is 0 Å². The summed E-state index contributed by atoms with van der Waals surface area (Å²) in [5, 5.41) is -0.685. The van der Waals surface area contributed by atoms with Gasteiger partial charge in [0.1, 0.15) is 5.37 Å². The summed E-state index contributed by atoms with van der Waals surface area (Å²) >= 11 is 1.58. The van der Waals surface area contributed by atoms with Crippen molar-refractivity contribution in [3.63, 3.8) is 0 Å². The zero-order valence-corrected chi connectivity index (χ0v) is 13.6. The van der Waals surface area contributed by atoms with E-state index in [1.807, 2.05) is 12.1 Å². The van der Waals surface area contributed by atoms with Crippen LogP contribution < -0.4 is 5.73 Å². The minimum atomic E-state index is -3.24. The topological polar surface area (TPSA) is 80.5 Å². The molecule has 0 bridgehead atoms. The predicted molar refractivity (Wildman–Crippen MR) is 86.8 cm³/mol. The van der Waals surface area contributed by atoms with Gasteiger partial charge < -0.3 is 10.6 Å². The fourth-order valence-corrected chi connectivity index (χ4v) is 5.14. The second kappa shape index (κ2) is 6.70. The highest BCUT2D eigenvalue weighted by atomic mass is 32.2. The highest BCUT2D eigenvalue weighted by Crippen LogP contribution is 2.21. The van der Waals surface area contributed by atoms with Gasteiger partial charge in [-0.05, 0) is 24.1 Å². The van der Waals surface area contributed by atoms with Gasteiger partial charge in [0.2, 0.25) is 5.91 Å². The summed E-state index contributed by atoms with van der Waals surface area (Å²) in [6, 6.07) is 7.39. The largest absolute Gasteiger partial charge is 0.399 e. The second-order valence-electron chi connectivity index (χ2n) is 5.19. The number of sulfone groups is 1. The molecule has 5 nitrogen and oxygen atoms in total. The molecule has 0 aromatic heterocycles. The third-order valence-electron chi connectivity index (χ3n) is 3.51. The van der Waals surface area contributed by atoms with Gasteiger partial charge in [-0.2, -0.15) is 11.8 Å². The van der Waals surface area contributed by atoms with Crippen molar-refractivity contribution in [2.75, 3.05) is 30.0 Å². The lowest BCUT2D eigenvalue weighted by Crippen LogP contribution is -2.49. The molecule has 116 valence electrons. The lowest BCUT2D eigenvalue weighted by Gasteiger charge is -2.34. The average Bonchev–Trinajstić information content (AvgIpc) is 2.45. The first-order valence-electron chi connectivity index (χ1n) is 6.78. The first-order valence-corrected chi connectivity index (χ1v) is 9.89. The lowest BCUT2D eigenvalue weighted by molar-refractivity contribution is -0.131. The number of hydrogen-bond acceptors (Lipinski definition) is 5. The van der Waals surface area contributed by atoms with Crippen molar-refractivity contribution in [1.29, 1.82) is 0 Å². The van der Waals surface area contributed by atoms with Gasteiger partial charge in [0.15, 0.2) is 9.84 Å². The number of anilines is 1. The lowest BCUT2D eigenvalue weighted by atomic mass is 10.1. The Kier molecular flexibility index (Phi) is 5.16. The van der Waals surface area contributed by atoms with Crippen LogP contribution in [0.3, 0.4) is 0 Å². The van der Waals surface area contributed by atoms with Crippen LogP contribution in [0.2, 0.25) is 0 Å². The molecular formula is C14H20N2O3S2. The molecular weight excluding hydrogens is 308 g/mol. The number of carbonyl (C=O) groups excluding carboxylic acids is 1. The number of nitrogens with zero attached hydrogens (tertiary/aromatic N) is 1. The molecule has 1 aromatic carbocycles. The molecule has 1 unspecified atom stereocenters. The molecule has 1 heterocycles. The standard InChI is InChI=1S/C14H20N2O3S2/c1-21(18,19)14-10-20-9-8-16(14)13(17)7-4-11-2-5-12(15)6-3-11/h2-3,5-6,14H,4,7-10,15H2,1H3. The number of rotatable bonds is 4. The number of amides is 1. The van der Waals surface area contributed by atoms with Gasteiger partial charge in [0.05, 0.1) is 0 Å². The Morgan fingerprint density at radius 2 is 2.05 bits per heavy atom. The van der Waals surface area contributed by atoms with Crippen molar-refractivity contribution in [2.45, 2.75) is 18.2 Å². The Hall–Kier alpha value is -1.21. The molecule has 0 radical (unpaired) electrons. The molecule has 2 rings (SSSR count). The van der Waals surface area contributed by atoms with Gasteiger partial charge >= 0.3 is 0 Å². The van der Waals surface area contributed by atoms with Crippen LogP contribution in [0.5, 0.6) is 0 Å². The molecule has 0 spiro atoms. The van der Waals surface area contributed by atoms with Gasteiger partial charge in [0, 0.05) is 36.4 Å². The highest BCUT2D eigenvalue weighted by molar-refractivity contribution is 8.00. The third kappa shape index (κ3) is 4.38. The normalized spacial score (nSPS) is 19.5. The summed E-state index contributed by atoms with van der Waals surface area (Å²) in [4.78, 5) is 13.8. The maximum atomic E-state index is 12.3. The summed E-state index contributed by atoms with van der Waals surface area (Å²) in [5.74, 6) is 1.16. The number of thioether (sulfide) groups is 1. The molecule has 1 saturated heterocycles. The van der Waals surface area contributed by atoms with Crippen LogP contribution in [-0.2, 0) is 21.1 Å². The summed E-state index contributed by atoms with van der Waals surface area (Å²) < 4.78 is 23.6. The van der Waals surface area contributed by atoms with E-state index in [2.05, 4.69) is 0 Å². The van der Waals surface area contributed by atoms with Crippen LogP contribution in [-0.4, -0.2) is 48.9 Å². The monoisotopic (exact) mass is 328 g/mol. The van der Waals surface area contributed by atoms with E-state index < -0.39 is 15.2 Å². The van der Waals surface area contributed by atoms with Gasteiger partial charge in [-0.15, -0.1) is 0 Å². The van der Waals surface area contributed by atoms with Crippen LogP contribution in [0.15, 0.2) is 24.3 Å². The van der Waals surface area contributed by atoms with Gasteiger partial charge in [-0.25, -0.2) is 8.42 Å². The van der Waals surface area contributed by atoms with Gasteiger partial charge in [0.25, 0.3) is 0 Å². The van der Waals surface area contributed by atoms with E-state index in [9.17, 15) is 13.2 Å². The summed E-state index contributed by atoms with van der Waals surface area (Å²) in [7, 11) is -3.24. The molecule has 1 atom stereocenters. The molecule has 1 aliphatic heterocycles. The average molecular weight is 328 g/mol. The summed E-state index contributed by atoms with van der Waals surface area (Å²) in [6.45, 7) is 0.503. The van der Waals surface area contributed by atoms with Crippen LogP contribution in [0.25, 0.3) is 0 Å². The van der Waals surface area contributed by atoms with E-state index in [0.717, 1.165) is 11.3 Å². The van der Waals surface area contributed by atoms with E-state index >= 15 is 0 Å². The van der Waals surface area contributed by atoms with Crippen molar-refractivity contribution < 1.29 is 13.2 Å². The van der Waals surface area contributed by atoms with Crippen molar-refractivity contribution in [2.24, 2.45) is 0 Å². The van der Waals surface area contributed by atoms with Crippen molar-refractivity contribution >= 4 is 33.2 Å². The quantitative estimate of drug-likeness (QED) is 0.839. The van der Waals surface area contributed by atoms with Gasteiger partial charge in [-0.1, -0.05) is 12.1 Å². The zero-order valence-electron chi connectivity index (χ0n) is 12.0. The molecule has 1 amide bonds. The van der Waals surface area contributed by atoms with Crippen LogP contribution in [0.4, 0.5) is 5.69 Å². The van der Waals surface area contributed by atoms with Crippen LogP contribution >= 0.6 is 11.8 Å². The molecule has 0 saturated carbocycles. The molecule has 7 heteroatoms. The minimum Gasteiger partial charge on any atom is -0.399 e.